The first-order valence-corrected chi connectivity index (χ1v) is 12.6. The van der Waals surface area contributed by atoms with E-state index in [9.17, 15) is 0 Å². The maximum absolute atomic E-state index is 5.99. The van der Waals surface area contributed by atoms with Gasteiger partial charge in [-0.3, -0.25) is 0 Å². The molecule has 1 atom stereocenters. The summed E-state index contributed by atoms with van der Waals surface area (Å²) in [5, 5.41) is 12.6. The third kappa shape index (κ3) is 4.07. The lowest BCUT2D eigenvalue weighted by Crippen LogP contribution is -2.09. The van der Waals surface area contributed by atoms with Crippen molar-refractivity contribution in [2.45, 2.75) is 89.4 Å². The summed E-state index contributed by atoms with van der Waals surface area (Å²) in [7, 11) is 0. The van der Waals surface area contributed by atoms with E-state index in [2.05, 4.69) is 42.5 Å². The molecule has 1 N–H and O–H groups in total. The fourth-order valence-corrected chi connectivity index (χ4v) is 5.87. The van der Waals surface area contributed by atoms with E-state index in [4.69, 9.17) is 14.6 Å². The van der Waals surface area contributed by atoms with E-state index >= 15 is 0 Å². The minimum Gasteiger partial charge on any atom is -0.465 e. The Labute approximate surface area is 191 Å². The van der Waals surface area contributed by atoms with Crippen LogP contribution in [0.2, 0.25) is 0 Å². The van der Waals surface area contributed by atoms with Crippen LogP contribution in [0.1, 0.15) is 118 Å². The maximum Gasteiger partial charge on any atom is 0.131 e. The summed E-state index contributed by atoms with van der Waals surface area (Å²) in [6, 6.07) is 13.0. The van der Waals surface area contributed by atoms with E-state index in [1.165, 1.54) is 85.8 Å². The van der Waals surface area contributed by atoms with Crippen LogP contribution in [0.3, 0.4) is 0 Å². The maximum atomic E-state index is 5.99. The molecule has 2 heterocycles. The number of nitrogens with one attached hydrogen (secondary N) is 1. The topological polar surface area (TPSA) is 54.7 Å². The molecule has 1 fully saturated rings. The molecule has 1 aromatic carbocycles. The summed E-state index contributed by atoms with van der Waals surface area (Å²) in [6.45, 7) is 2.25. The molecule has 168 valence electrons. The van der Waals surface area contributed by atoms with Crippen LogP contribution in [0.15, 0.2) is 47.1 Å². The number of hydrogen-bond acceptors (Lipinski definition) is 3. The predicted molar refractivity (Wildman–Crippen MR) is 129 cm³/mol. The fraction of sp³-hybridized carbons (Fsp3) is 0.500. The molecule has 32 heavy (non-hydrogen) atoms. The van der Waals surface area contributed by atoms with Gasteiger partial charge in [0, 0.05) is 11.5 Å². The van der Waals surface area contributed by atoms with E-state index in [1.807, 2.05) is 6.07 Å². The summed E-state index contributed by atoms with van der Waals surface area (Å²) >= 11 is 0. The van der Waals surface area contributed by atoms with Gasteiger partial charge >= 0.3 is 0 Å². The molecule has 1 saturated carbocycles. The first-order valence-electron chi connectivity index (χ1n) is 12.6. The number of rotatable bonds is 5. The van der Waals surface area contributed by atoms with Crippen LogP contribution in [-0.4, -0.2) is 15.4 Å². The third-order valence-corrected chi connectivity index (χ3v) is 7.37. The molecule has 0 amide bonds. The number of allylic oxidation sites excluding steroid dienone is 2. The number of nitrogens with zero attached hydrogens (tertiary/aromatic N) is 2. The fourth-order valence-electron chi connectivity index (χ4n) is 5.87. The first kappa shape index (κ1) is 21.2. The van der Waals surface area contributed by atoms with Gasteiger partial charge in [-0.15, -0.1) is 0 Å². The Morgan fingerprint density at radius 2 is 1.59 bits per heavy atom. The lowest BCUT2D eigenvalue weighted by Gasteiger charge is -2.21. The minimum absolute atomic E-state index is 0.0862. The van der Waals surface area contributed by atoms with Crippen LogP contribution >= 0.6 is 0 Å². The third-order valence-electron chi connectivity index (χ3n) is 7.37. The SMILES string of the molecule is CCCC1=C(c2ccco2)C(c2n[nH]nc2C2CCCCCCCCC2)c2ccccc21. The lowest BCUT2D eigenvalue weighted by molar-refractivity contribution is 0.455. The van der Waals surface area contributed by atoms with Crippen molar-refractivity contribution in [1.29, 1.82) is 0 Å². The molecule has 0 bridgehead atoms. The van der Waals surface area contributed by atoms with Gasteiger partial charge in [0.2, 0.25) is 0 Å². The van der Waals surface area contributed by atoms with Crippen molar-refractivity contribution in [3.05, 3.63) is 70.9 Å². The highest BCUT2D eigenvalue weighted by molar-refractivity contribution is 5.99. The van der Waals surface area contributed by atoms with Crippen molar-refractivity contribution in [2.24, 2.45) is 0 Å². The van der Waals surface area contributed by atoms with Gasteiger partial charge in [-0.05, 0) is 48.1 Å². The summed E-state index contributed by atoms with van der Waals surface area (Å²) in [4.78, 5) is 0. The molecular formula is C28H35N3O. The normalized spacial score (nSPS) is 20.5. The second kappa shape index (κ2) is 9.89. The quantitative estimate of drug-likeness (QED) is 0.449. The number of benzene rings is 1. The molecular weight excluding hydrogens is 394 g/mol. The molecule has 0 radical (unpaired) electrons. The number of aromatic nitrogens is 3. The number of fused-ring (bicyclic) bond motifs is 1. The number of H-pyrrole nitrogens is 1. The van der Waals surface area contributed by atoms with Gasteiger partial charge in [0.1, 0.15) is 5.76 Å². The van der Waals surface area contributed by atoms with Gasteiger partial charge in [-0.25, -0.2) is 0 Å². The number of hydrogen-bond donors (Lipinski definition) is 1. The molecule has 1 unspecified atom stereocenters. The smallest absolute Gasteiger partial charge is 0.131 e. The van der Waals surface area contributed by atoms with Gasteiger partial charge in [0.15, 0.2) is 0 Å². The van der Waals surface area contributed by atoms with Gasteiger partial charge in [0.05, 0.1) is 23.6 Å². The zero-order valence-corrected chi connectivity index (χ0v) is 19.3. The van der Waals surface area contributed by atoms with Crippen molar-refractivity contribution in [3.8, 4) is 0 Å². The number of furan rings is 1. The van der Waals surface area contributed by atoms with E-state index in [-0.39, 0.29) is 5.92 Å². The average molecular weight is 430 g/mol. The lowest BCUT2D eigenvalue weighted by atomic mass is 9.83. The molecule has 2 aromatic heterocycles. The van der Waals surface area contributed by atoms with E-state index < -0.39 is 0 Å². The molecule has 0 aliphatic heterocycles. The first-order chi connectivity index (χ1) is 15.9. The largest absolute Gasteiger partial charge is 0.465 e. The Kier molecular flexibility index (Phi) is 6.56. The Hall–Kier alpha value is -2.62. The van der Waals surface area contributed by atoms with E-state index in [1.54, 1.807) is 6.26 Å². The van der Waals surface area contributed by atoms with Crippen LogP contribution in [0.25, 0.3) is 11.1 Å². The Bertz CT molecular complexity index is 1040. The monoisotopic (exact) mass is 429 g/mol. The molecule has 0 spiro atoms. The van der Waals surface area contributed by atoms with Crippen molar-refractivity contribution >= 4 is 11.1 Å². The molecule has 0 saturated heterocycles. The van der Waals surface area contributed by atoms with Crippen LogP contribution < -0.4 is 0 Å². The van der Waals surface area contributed by atoms with Crippen LogP contribution in [0, 0.1) is 0 Å². The minimum atomic E-state index is 0.0862. The van der Waals surface area contributed by atoms with Crippen LogP contribution in [-0.2, 0) is 0 Å². The summed E-state index contributed by atoms with van der Waals surface area (Å²) < 4.78 is 5.99. The highest BCUT2D eigenvalue weighted by Gasteiger charge is 2.38. The standard InChI is InChI=1S/C28H35N3O/c1-2-13-22-21-16-10-11-17-23(21)26(25(22)24-18-12-19-32-24)28-27(29-31-30-28)20-14-8-6-4-3-5-7-9-15-20/h10-12,16-20,26H,2-9,13-15H2,1H3,(H,29,30,31). The highest BCUT2D eigenvalue weighted by atomic mass is 16.3. The second-order valence-corrected chi connectivity index (χ2v) is 9.48. The van der Waals surface area contributed by atoms with Crippen molar-refractivity contribution in [3.63, 3.8) is 0 Å². The zero-order chi connectivity index (χ0) is 21.8. The Morgan fingerprint density at radius 3 is 2.31 bits per heavy atom. The van der Waals surface area contributed by atoms with Gasteiger partial charge < -0.3 is 4.42 Å². The summed E-state index contributed by atoms with van der Waals surface area (Å²) in [5.74, 6) is 1.54. The zero-order valence-electron chi connectivity index (χ0n) is 19.3. The van der Waals surface area contributed by atoms with Gasteiger partial charge in [0.25, 0.3) is 0 Å². The average Bonchev–Trinajstić information content (AvgIpc) is 3.57. The molecule has 2 aliphatic rings. The van der Waals surface area contributed by atoms with E-state index in [0.717, 1.165) is 24.3 Å². The molecule has 5 rings (SSSR count). The predicted octanol–water partition coefficient (Wildman–Crippen LogP) is 7.86. The summed E-state index contributed by atoms with van der Waals surface area (Å²) in [5.41, 5.74) is 7.68. The molecule has 3 aromatic rings. The van der Waals surface area contributed by atoms with Gasteiger partial charge in [-0.2, -0.15) is 15.4 Å². The van der Waals surface area contributed by atoms with E-state index in [0.29, 0.717) is 5.92 Å². The van der Waals surface area contributed by atoms with Gasteiger partial charge in [-0.1, -0.05) is 82.6 Å². The Balaban J connectivity index is 1.58. The van der Waals surface area contributed by atoms with Crippen molar-refractivity contribution < 1.29 is 4.42 Å². The number of aromatic amines is 1. The van der Waals surface area contributed by atoms with Crippen molar-refractivity contribution in [1.82, 2.24) is 15.4 Å². The molecule has 2 aliphatic carbocycles. The highest BCUT2D eigenvalue weighted by Crippen LogP contribution is 2.52. The Morgan fingerprint density at radius 1 is 0.875 bits per heavy atom. The summed E-state index contributed by atoms with van der Waals surface area (Å²) in [6.07, 6.45) is 15.8. The van der Waals surface area contributed by atoms with Crippen molar-refractivity contribution in [2.75, 3.05) is 0 Å². The van der Waals surface area contributed by atoms with Crippen LogP contribution in [0.4, 0.5) is 0 Å². The molecule has 4 heteroatoms. The molecule has 4 nitrogen and oxygen atoms in total. The second-order valence-electron chi connectivity index (χ2n) is 9.48. The van der Waals surface area contributed by atoms with Crippen LogP contribution in [0.5, 0.6) is 0 Å².